The third kappa shape index (κ3) is 6.98. The van der Waals surface area contributed by atoms with Crippen LogP contribution in [0, 0.1) is 0 Å². The summed E-state index contributed by atoms with van der Waals surface area (Å²) in [5, 5.41) is 47.4. The molecule has 0 saturated carbocycles. The van der Waals surface area contributed by atoms with Gasteiger partial charge in [-0.05, 0) is 13.8 Å². The molecule has 0 radical (unpaired) electrons. The van der Waals surface area contributed by atoms with Gasteiger partial charge in [0.15, 0.2) is 22.4 Å². The highest BCUT2D eigenvalue weighted by molar-refractivity contribution is 7.13. The number of nitrogens with one attached hydrogen (secondary N) is 4. The van der Waals surface area contributed by atoms with Crippen molar-refractivity contribution in [2.45, 2.75) is 38.1 Å². The van der Waals surface area contributed by atoms with E-state index >= 15 is 0 Å². The Balaban J connectivity index is 1.32. The van der Waals surface area contributed by atoms with Crippen molar-refractivity contribution in [3.05, 3.63) is 45.4 Å². The van der Waals surface area contributed by atoms with Gasteiger partial charge in [0.05, 0.1) is 18.8 Å². The second kappa shape index (κ2) is 12.1. The van der Waals surface area contributed by atoms with E-state index in [1.54, 1.807) is 0 Å². The van der Waals surface area contributed by atoms with Crippen molar-refractivity contribution >= 4 is 46.0 Å². The molecule has 2 atom stereocenters. The van der Waals surface area contributed by atoms with Gasteiger partial charge in [-0.3, -0.25) is 14.4 Å². The zero-order valence-corrected chi connectivity index (χ0v) is 23.2. The molecule has 0 aromatic carbocycles. The van der Waals surface area contributed by atoms with E-state index in [9.17, 15) is 39.4 Å². The second-order valence-corrected chi connectivity index (χ2v) is 10.4. The fourth-order valence-electron chi connectivity index (χ4n) is 3.44. The van der Waals surface area contributed by atoms with Crippen LogP contribution in [0.2, 0.25) is 0 Å². The minimum atomic E-state index is -1.78. The number of carbonyl (C=O) groups is 4. The lowest BCUT2D eigenvalue weighted by molar-refractivity contribution is -0.161. The average molecular weight is 620 g/mol. The predicted octanol–water partition coefficient (Wildman–Crippen LogP) is -1.45. The van der Waals surface area contributed by atoms with Crippen molar-refractivity contribution in [3.63, 3.8) is 0 Å². The molecule has 3 aromatic heterocycles. The number of carboxylic acid groups (broad SMARTS) is 1. The summed E-state index contributed by atoms with van der Waals surface area (Å²) in [6.45, 7) is 2.20. The van der Waals surface area contributed by atoms with E-state index in [0.29, 0.717) is 4.73 Å². The molecule has 19 nitrogen and oxygen atoms in total. The number of aromatic nitrogens is 3. The summed E-state index contributed by atoms with van der Waals surface area (Å²) in [6, 6.07) is -0.165. The zero-order valence-electron chi connectivity index (χ0n) is 22.4. The van der Waals surface area contributed by atoms with Gasteiger partial charge in [-0.25, -0.2) is 14.6 Å². The van der Waals surface area contributed by atoms with E-state index < -0.39 is 58.4 Å². The summed E-state index contributed by atoms with van der Waals surface area (Å²) < 4.78 is 5.58. The standard InChI is InChI=1S/C23H25N9O10S/c1-23(2,20(37)38)42-31-17(12-8-43-21(24)28-12)19(36)29-16-11(27-18(16)35)6-26-22(39)25-5-9-3-10(30-41-9)13-4-14(33)15(34)7-32(13)40/h3-4,7-8,11,16,34,40H,5-6H2,1-2H3,(H2,24,28)(H,27,35)(H,29,36)(H,37,38)(H2,25,26,39). The Hall–Kier alpha value is -5.66. The number of carboxylic acids is 1. The number of carbonyl (C=O) groups excluding carboxylic acids is 3. The number of rotatable bonds is 11. The monoisotopic (exact) mass is 619 g/mol. The van der Waals surface area contributed by atoms with Crippen LogP contribution >= 0.6 is 11.3 Å². The minimum Gasteiger partial charge on any atom is -0.503 e. The maximum atomic E-state index is 13.0. The van der Waals surface area contributed by atoms with E-state index in [0.717, 1.165) is 23.6 Å². The number of nitrogen functional groups attached to an aromatic ring is 1. The van der Waals surface area contributed by atoms with Crippen LogP contribution in [0.15, 0.2) is 38.2 Å². The van der Waals surface area contributed by atoms with E-state index in [1.807, 2.05) is 0 Å². The van der Waals surface area contributed by atoms with Crippen LogP contribution in [0.3, 0.4) is 0 Å². The molecule has 20 heteroatoms. The van der Waals surface area contributed by atoms with Crippen molar-refractivity contribution < 1.29 is 44.0 Å². The van der Waals surface area contributed by atoms with Gasteiger partial charge in [-0.2, -0.15) is 4.73 Å². The molecule has 0 spiro atoms. The van der Waals surface area contributed by atoms with Crippen LogP contribution in [-0.2, 0) is 25.8 Å². The van der Waals surface area contributed by atoms with Gasteiger partial charge in [0.25, 0.3) is 5.91 Å². The van der Waals surface area contributed by atoms with Gasteiger partial charge in [0, 0.05) is 24.1 Å². The number of thiazole rings is 1. The third-order valence-electron chi connectivity index (χ3n) is 5.90. The lowest BCUT2D eigenvalue weighted by Crippen LogP contribution is -2.72. The first-order valence-corrected chi connectivity index (χ1v) is 13.1. The fraction of sp³-hybridized carbons (Fsp3) is 0.304. The number of aromatic hydroxyl groups is 1. The highest BCUT2D eigenvalue weighted by Gasteiger charge is 2.41. The van der Waals surface area contributed by atoms with Crippen LogP contribution in [0.4, 0.5) is 9.93 Å². The third-order valence-corrected chi connectivity index (χ3v) is 6.57. The van der Waals surface area contributed by atoms with Crippen molar-refractivity contribution in [1.29, 1.82) is 0 Å². The number of oxime groups is 1. The fourth-order valence-corrected chi connectivity index (χ4v) is 3.99. The summed E-state index contributed by atoms with van der Waals surface area (Å²) in [6.07, 6.45) is 0.795. The van der Waals surface area contributed by atoms with Crippen LogP contribution in [0.1, 0.15) is 25.3 Å². The Morgan fingerprint density at radius 3 is 2.67 bits per heavy atom. The molecule has 3 aromatic rings. The summed E-state index contributed by atoms with van der Waals surface area (Å²) in [5.41, 5.74) is 2.71. The molecule has 1 aliphatic rings. The lowest BCUT2D eigenvalue weighted by Gasteiger charge is -2.37. The zero-order chi connectivity index (χ0) is 31.5. The van der Waals surface area contributed by atoms with Crippen molar-refractivity contribution in [3.8, 4) is 17.1 Å². The van der Waals surface area contributed by atoms with Gasteiger partial charge in [-0.15, -0.1) is 11.3 Å². The first-order chi connectivity index (χ1) is 20.2. The predicted molar refractivity (Wildman–Crippen MR) is 145 cm³/mol. The lowest BCUT2D eigenvalue weighted by atomic mass is 9.98. The smallest absolute Gasteiger partial charge is 0.350 e. The van der Waals surface area contributed by atoms with Crippen LogP contribution in [0.5, 0.6) is 5.75 Å². The molecule has 0 bridgehead atoms. The molecule has 0 aliphatic carbocycles. The largest absolute Gasteiger partial charge is 0.503 e. The van der Waals surface area contributed by atoms with Crippen LogP contribution < -0.4 is 32.4 Å². The summed E-state index contributed by atoms with van der Waals surface area (Å²) in [5.74, 6) is -3.28. The quantitative estimate of drug-likeness (QED) is 0.0528. The second-order valence-electron chi connectivity index (χ2n) is 9.48. The SMILES string of the molecule is CC(C)(ON=C(C(=O)NC1C(=O)NC1CNC(=O)NCc1cc(-c2cc(=O)c(O)cn2O)no1)c1csc(N)n1)C(=O)O. The summed E-state index contributed by atoms with van der Waals surface area (Å²) >= 11 is 1.00. The molecule has 43 heavy (non-hydrogen) atoms. The first-order valence-electron chi connectivity index (χ1n) is 12.2. The number of β-lactam (4-membered cyclic amide) rings is 1. The Morgan fingerprint density at radius 1 is 1.28 bits per heavy atom. The Kier molecular flexibility index (Phi) is 8.50. The molecule has 4 heterocycles. The highest BCUT2D eigenvalue weighted by Crippen LogP contribution is 2.19. The Morgan fingerprint density at radius 2 is 2.02 bits per heavy atom. The molecule has 2 unspecified atom stereocenters. The maximum absolute atomic E-state index is 13.0. The number of hydrogen-bond donors (Lipinski definition) is 8. The van der Waals surface area contributed by atoms with Gasteiger partial charge in [0.2, 0.25) is 16.9 Å². The average Bonchev–Trinajstić information content (AvgIpc) is 3.59. The molecule has 228 valence electrons. The Labute approximate surface area is 244 Å². The number of pyridine rings is 1. The maximum Gasteiger partial charge on any atom is 0.350 e. The molecular weight excluding hydrogens is 594 g/mol. The Bertz CT molecular complexity index is 1660. The number of nitrogens with zero attached hydrogens (tertiary/aromatic N) is 4. The van der Waals surface area contributed by atoms with Gasteiger partial charge in [0.1, 0.15) is 23.1 Å². The molecule has 4 amide bonds. The minimum absolute atomic E-state index is 0.00164. The number of hydrogen-bond acceptors (Lipinski definition) is 14. The molecule has 1 fully saturated rings. The van der Waals surface area contributed by atoms with E-state index in [2.05, 4.69) is 36.6 Å². The number of nitrogens with two attached hydrogens (primary N) is 1. The van der Waals surface area contributed by atoms with E-state index in [4.69, 9.17) is 15.1 Å². The summed E-state index contributed by atoms with van der Waals surface area (Å²) in [7, 11) is 0. The van der Waals surface area contributed by atoms with Crippen molar-refractivity contribution in [2.75, 3.05) is 12.3 Å². The number of aliphatic carboxylic acids is 1. The van der Waals surface area contributed by atoms with Crippen molar-refractivity contribution in [1.82, 2.24) is 36.1 Å². The number of amides is 4. The summed E-state index contributed by atoms with van der Waals surface area (Å²) in [4.78, 5) is 69.5. The molecule has 9 N–H and O–H groups in total. The molecule has 4 rings (SSSR count). The number of urea groups is 1. The highest BCUT2D eigenvalue weighted by atomic mass is 32.1. The normalized spacial score (nSPS) is 16.5. The van der Waals surface area contributed by atoms with Gasteiger partial charge >= 0.3 is 12.0 Å². The van der Waals surface area contributed by atoms with Crippen LogP contribution in [0.25, 0.3) is 11.4 Å². The molecule has 1 aliphatic heterocycles. The van der Waals surface area contributed by atoms with Crippen LogP contribution in [-0.4, -0.2) is 84.0 Å². The molecule has 1 saturated heterocycles. The topological polar surface area (TPSA) is 286 Å². The van der Waals surface area contributed by atoms with E-state index in [1.165, 1.54) is 25.3 Å². The molecular formula is C23H25N9O10S. The first kappa shape index (κ1) is 30.3. The number of anilines is 1. The van der Waals surface area contributed by atoms with Gasteiger partial charge < -0.3 is 51.8 Å². The van der Waals surface area contributed by atoms with Gasteiger partial charge in [-0.1, -0.05) is 10.3 Å². The van der Waals surface area contributed by atoms with E-state index in [-0.39, 0.29) is 41.1 Å². The van der Waals surface area contributed by atoms with Crippen molar-refractivity contribution in [2.24, 2.45) is 5.16 Å².